The Morgan fingerprint density at radius 1 is 1.37 bits per heavy atom. The number of phenolic OH excluding ortho intramolecular Hbond substituents is 1. The summed E-state index contributed by atoms with van der Waals surface area (Å²) in [5, 5.41) is 14.5. The average Bonchev–Trinajstić information content (AvgIpc) is 2.33. The fraction of sp³-hybridized carbons (Fsp3) is 0.400. The van der Waals surface area contributed by atoms with Crippen LogP contribution in [-0.4, -0.2) is 22.0 Å². The number of aryl methyl sites for hydroxylation is 2. The van der Waals surface area contributed by atoms with Gasteiger partial charge in [0, 0.05) is 35.3 Å². The van der Waals surface area contributed by atoms with Gasteiger partial charge in [0.2, 0.25) is 0 Å². The minimum atomic E-state index is 0.205. The van der Waals surface area contributed by atoms with E-state index in [9.17, 15) is 5.11 Å². The Bertz CT molecular complexity index is 596. The summed E-state index contributed by atoms with van der Waals surface area (Å²) < 4.78 is 0. The Hall–Kier alpha value is -1.48. The lowest BCUT2D eigenvalue weighted by Crippen LogP contribution is -2.12. The topological polar surface area (TPSA) is 45.2 Å². The van der Waals surface area contributed by atoms with Crippen LogP contribution in [0.3, 0.4) is 0 Å². The Morgan fingerprint density at radius 3 is 2.74 bits per heavy atom. The second-order valence-corrected chi connectivity index (χ2v) is 5.45. The average molecular weight is 279 g/mol. The molecule has 0 amide bonds. The number of nitrogens with one attached hydrogen (secondary N) is 1. The van der Waals surface area contributed by atoms with Crippen LogP contribution in [0.2, 0.25) is 0 Å². The number of hydrogen-bond donors (Lipinski definition) is 2. The maximum atomic E-state index is 10.1. The molecule has 0 aliphatic heterocycles. The standard InChI is InChI=1S/C15H19ClN2O/c1-9(2)18-13-7-14(19)15-12(11(13)4-5-16)6-10(3)8-17-15/h6-9,18-19H,4-5H2,1-3H3. The van der Waals surface area contributed by atoms with Crippen molar-refractivity contribution in [2.45, 2.75) is 33.2 Å². The number of alkyl halides is 1. The van der Waals surface area contributed by atoms with Crippen molar-refractivity contribution in [3.05, 3.63) is 29.5 Å². The molecule has 0 fully saturated rings. The SMILES string of the molecule is Cc1cnc2c(O)cc(NC(C)C)c(CCCl)c2c1. The molecule has 1 aromatic carbocycles. The maximum Gasteiger partial charge on any atom is 0.143 e. The fourth-order valence-electron chi connectivity index (χ4n) is 2.24. The van der Waals surface area contributed by atoms with Gasteiger partial charge in [-0.05, 0) is 44.4 Å². The number of hydrogen-bond acceptors (Lipinski definition) is 3. The first-order chi connectivity index (χ1) is 9.02. The molecule has 0 unspecified atom stereocenters. The van der Waals surface area contributed by atoms with E-state index in [1.54, 1.807) is 12.3 Å². The molecule has 0 aliphatic rings. The molecule has 1 heterocycles. The van der Waals surface area contributed by atoms with Gasteiger partial charge in [0.15, 0.2) is 0 Å². The van der Waals surface area contributed by atoms with Crippen LogP contribution in [-0.2, 0) is 6.42 Å². The molecule has 0 saturated heterocycles. The number of pyridine rings is 1. The number of rotatable bonds is 4. The third-order valence-corrected chi connectivity index (χ3v) is 3.18. The third kappa shape index (κ3) is 2.92. The molecule has 0 bridgehead atoms. The highest BCUT2D eigenvalue weighted by molar-refractivity contribution is 6.18. The maximum absolute atomic E-state index is 10.1. The van der Waals surface area contributed by atoms with E-state index in [-0.39, 0.29) is 5.75 Å². The normalized spacial score (nSPS) is 11.2. The van der Waals surface area contributed by atoms with Crippen LogP contribution in [0, 0.1) is 6.92 Å². The van der Waals surface area contributed by atoms with E-state index in [1.807, 2.05) is 6.92 Å². The molecule has 19 heavy (non-hydrogen) atoms. The fourth-order valence-corrected chi connectivity index (χ4v) is 2.43. The molecule has 2 aromatic rings. The second-order valence-electron chi connectivity index (χ2n) is 5.07. The van der Waals surface area contributed by atoms with Crippen molar-refractivity contribution in [3.8, 4) is 5.75 Å². The Balaban J connectivity index is 2.70. The molecule has 0 saturated carbocycles. The molecule has 2 rings (SSSR count). The number of halogens is 1. The van der Waals surface area contributed by atoms with Crippen LogP contribution in [0.25, 0.3) is 10.9 Å². The van der Waals surface area contributed by atoms with E-state index in [0.29, 0.717) is 17.4 Å². The number of fused-ring (bicyclic) bond motifs is 1. The predicted molar refractivity (Wildman–Crippen MR) is 81.3 cm³/mol. The number of aromatic nitrogens is 1. The van der Waals surface area contributed by atoms with Gasteiger partial charge in [-0.15, -0.1) is 11.6 Å². The first-order valence-corrected chi connectivity index (χ1v) is 7.00. The number of nitrogens with zero attached hydrogens (tertiary/aromatic N) is 1. The minimum Gasteiger partial charge on any atom is -0.506 e. The molecular formula is C15H19ClN2O. The molecular weight excluding hydrogens is 260 g/mol. The van der Waals surface area contributed by atoms with Gasteiger partial charge in [-0.3, -0.25) is 4.98 Å². The summed E-state index contributed by atoms with van der Waals surface area (Å²) >= 11 is 5.91. The van der Waals surface area contributed by atoms with E-state index in [1.165, 1.54) is 0 Å². The van der Waals surface area contributed by atoms with Gasteiger partial charge in [-0.1, -0.05) is 0 Å². The quantitative estimate of drug-likeness (QED) is 0.835. The Kier molecular flexibility index (Phi) is 4.15. The number of aromatic hydroxyl groups is 1. The molecule has 0 atom stereocenters. The van der Waals surface area contributed by atoms with E-state index in [2.05, 4.69) is 30.2 Å². The Labute approximate surface area is 118 Å². The van der Waals surface area contributed by atoms with Crippen LogP contribution in [0.1, 0.15) is 25.0 Å². The van der Waals surface area contributed by atoms with Gasteiger partial charge in [-0.2, -0.15) is 0 Å². The highest BCUT2D eigenvalue weighted by Gasteiger charge is 2.13. The monoisotopic (exact) mass is 278 g/mol. The first-order valence-electron chi connectivity index (χ1n) is 6.46. The smallest absolute Gasteiger partial charge is 0.143 e. The highest BCUT2D eigenvalue weighted by atomic mass is 35.5. The summed E-state index contributed by atoms with van der Waals surface area (Å²) in [7, 11) is 0. The molecule has 0 aliphatic carbocycles. The molecule has 0 radical (unpaired) electrons. The van der Waals surface area contributed by atoms with E-state index >= 15 is 0 Å². The van der Waals surface area contributed by atoms with Crippen LogP contribution in [0.15, 0.2) is 18.3 Å². The molecule has 0 spiro atoms. The van der Waals surface area contributed by atoms with E-state index in [4.69, 9.17) is 11.6 Å². The van der Waals surface area contributed by atoms with Gasteiger partial charge < -0.3 is 10.4 Å². The summed E-state index contributed by atoms with van der Waals surface area (Å²) in [5.74, 6) is 0.747. The summed E-state index contributed by atoms with van der Waals surface area (Å²) in [6, 6.07) is 4.09. The van der Waals surface area contributed by atoms with Gasteiger partial charge >= 0.3 is 0 Å². The number of anilines is 1. The van der Waals surface area contributed by atoms with Crippen LogP contribution >= 0.6 is 11.6 Å². The summed E-state index contributed by atoms with van der Waals surface area (Å²) in [6.45, 7) is 6.14. The zero-order chi connectivity index (χ0) is 14.0. The second kappa shape index (κ2) is 5.66. The van der Waals surface area contributed by atoms with E-state index in [0.717, 1.165) is 28.6 Å². The third-order valence-electron chi connectivity index (χ3n) is 2.99. The van der Waals surface area contributed by atoms with Crippen molar-refractivity contribution in [1.82, 2.24) is 4.98 Å². The lowest BCUT2D eigenvalue weighted by molar-refractivity contribution is 0.480. The van der Waals surface area contributed by atoms with Gasteiger partial charge in [0.25, 0.3) is 0 Å². The summed E-state index contributed by atoms with van der Waals surface area (Å²) in [4.78, 5) is 4.32. The van der Waals surface area contributed by atoms with Gasteiger partial charge in [0.1, 0.15) is 11.3 Å². The summed E-state index contributed by atoms with van der Waals surface area (Å²) in [5.41, 5.74) is 3.77. The number of phenols is 1. The van der Waals surface area contributed by atoms with E-state index < -0.39 is 0 Å². The van der Waals surface area contributed by atoms with Crippen molar-refractivity contribution in [2.75, 3.05) is 11.2 Å². The Morgan fingerprint density at radius 2 is 2.11 bits per heavy atom. The van der Waals surface area contributed by atoms with Crippen molar-refractivity contribution < 1.29 is 5.11 Å². The van der Waals surface area contributed by atoms with Gasteiger partial charge in [0.05, 0.1) is 0 Å². The molecule has 3 nitrogen and oxygen atoms in total. The molecule has 102 valence electrons. The zero-order valence-corrected chi connectivity index (χ0v) is 12.3. The van der Waals surface area contributed by atoms with Crippen molar-refractivity contribution in [3.63, 3.8) is 0 Å². The largest absolute Gasteiger partial charge is 0.506 e. The number of benzene rings is 1. The highest BCUT2D eigenvalue weighted by Crippen LogP contribution is 2.33. The van der Waals surface area contributed by atoms with Crippen LogP contribution in [0.4, 0.5) is 5.69 Å². The first kappa shape index (κ1) is 13.9. The lowest BCUT2D eigenvalue weighted by Gasteiger charge is -2.17. The predicted octanol–water partition coefficient (Wildman–Crippen LogP) is 3.85. The van der Waals surface area contributed by atoms with Crippen LogP contribution < -0.4 is 5.32 Å². The summed E-state index contributed by atoms with van der Waals surface area (Å²) in [6.07, 6.45) is 2.51. The molecule has 2 N–H and O–H groups in total. The zero-order valence-electron chi connectivity index (χ0n) is 11.5. The molecule has 4 heteroatoms. The minimum absolute atomic E-state index is 0.205. The van der Waals surface area contributed by atoms with Gasteiger partial charge in [-0.25, -0.2) is 0 Å². The van der Waals surface area contributed by atoms with Crippen molar-refractivity contribution >= 4 is 28.2 Å². The molecule has 1 aromatic heterocycles. The van der Waals surface area contributed by atoms with Crippen LogP contribution in [0.5, 0.6) is 5.75 Å². The lowest BCUT2D eigenvalue weighted by atomic mass is 10.0. The van der Waals surface area contributed by atoms with Crippen molar-refractivity contribution in [2.24, 2.45) is 0 Å². The van der Waals surface area contributed by atoms with Crippen molar-refractivity contribution in [1.29, 1.82) is 0 Å².